The number of carboxylic acid groups (broad SMARTS) is 1. The van der Waals surface area contributed by atoms with Gasteiger partial charge in [0.2, 0.25) is 0 Å². The van der Waals surface area contributed by atoms with Gasteiger partial charge in [-0.05, 0) is 46.3 Å². The van der Waals surface area contributed by atoms with Crippen LogP contribution in [0.1, 0.15) is 10.4 Å². The van der Waals surface area contributed by atoms with Crippen LogP contribution in [-0.4, -0.2) is 16.1 Å². The summed E-state index contributed by atoms with van der Waals surface area (Å²) in [7, 11) is 0. The number of carboxylic acids is 1. The lowest BCUT2D eigenvalue weighted by Gasteiger charge is -2.06. The number of rotatable bonds is 3. The molecular weight excluding hydrogens is 382 g/mol. The average molecular weight is 389 g/mol. The Morgan fingerprint density at radius 3 is 2.50 bits per heavy atom. The Hall–Kier alpha value is -0.850. The van der Waals surface area contributed by atoms with Crippen molar-refractivity contribution in [2.24, 2.45) is 0 Å². The average Bonchev–Trinajstić information content (AvgIpc) is 2.32. The number of pyridine rings is 1. The second-order valence-electron chi connectivity index (χ2n) is 3.36. The molecule has 1 aromatic heterocycles. The summed E-state index contributed by atoms with van der Waals surface area (Å²) in [5.74, 6) is -0.942. The third-order valence-corrected chi connectivity index (χ3v) is 4.06. The van der Waals surface area contributed by atoms with Crippen LogP contribution in [0.3, 0.4) is 0 Å². The van der Waals surface area contributed by atoms with Gasteiger partial charge in [0.25, 0.3) is 0 Å². The Bertz CT molecular complexity index is 587. The number of aromatic carboxylic acids is 1. The second-order valence-corrected chi connectivity index (χ2v) is 6.26. The maximum absolute atomic E-state index is 11.1. The van der Waals surface area contributed by atoms with E-state index < -0.39 is 5.97 Å². The summed E-state index contributed by atoms with van der Waals surface area (Å²) in [4.78, 5) is 16.0. The lowest BCUT2D eigenvalue weighted by molar-refractivity contribution is 0.0693. The van der Waals surface area contributed by atoms with Crippen molar-refractivity contribution in [1.29, 1.82) is 0 Å². The zero-order chi connectivity index (χ0) is 13.1. The van der Waals surface area contributed by atoms with E-state index >= 15 is 0 Å². The standard InChI is InChI=1S/C12H7Br2NO2S/c13-7-1-3-9(12(16)17)10(5-7)18-11-4-2-8(14)6-15-11/h1-6H,(H,16,17). The van der Waals surface area contributed by atoms with E-state index in [0.717, 1.165) is 14.0 Å². The molecule has 0 unspecified atom stereocenters. The highest BCUT2D eigenvalue weighted by Gasteiger charge is 2.12. The SMILES string of the molecule is O=C(O)c1ccc(Br)cc1Sc1ccc(Br)cn1. The molecule has 0 aliphatic carbocycles. The molecule has 0 aliphatic heterocycles. The molecule has 92 valence electrons. The number of hydrogen-bond donors (Lipinski definition) is 1. The monoisotopic (exact) mass is 387 g/mol. The summed E-state index contributed by atoms with van der Waals surface area (Å²) >= 11 is 7.97. The van der Waals surface area contributed by atoms with Crippen molar-refractivity contribution >= 4 is 49.6 Å². The molecule has 0 fully saturated rings. The minimum Gasteiger partial charge on any atom is -0.478 e. The van der Waals surface area contributed by atoms with Gasteiger partial charge in [-0.3, -0.25) is 0 Å². The number of carbonyl (C=O) groups is 1. The van der Waals surface area contributed by atoms with Crippen LogP contribution in [-0.2, 0) is 0 Å². The maximum atomic E-state index is 11.1. The molecule has 1 heterocycles. The van der Waals surface area contributed by atoms with Gasteiger partial charge < -0.3 is 5.11 Å². The molecule has 18 heavy (non-hydrogen) atoms. The molecule has 0 amide bonds. The van der Waals surface area contributed by atoms with Gasteiger partial charge >= 0.3 is 5.97 Å². The number of benzene rings is 1. The Labute approximate surface area is 125 Å². The number of halogens is 2. The van der Waals surface area contributed by atoms with Crippen LogP contribution in [0, 0.1) is 0 Å². The van der Waals surface area contributed by atoms with Crippen LogP contribution in [0.15, 0.2) is 55.4 Å². The first kappa shape index (κ1) is 13.6. The molecule has 0 radical (unpaired) electrons. The summed E-state index contributed by atoms with van der Waals surface area (Å²) in [6.07, 6.45) is 1.68. The third kappa shape index (κ3) is 3.34. The summed E-state index contributed by atoms with van der Waals surface area (Å²) in [6, 6.07) is 8.77. The van der Waals surface area contributed by atoms with Crippen molar-refractivity contribution < 1.29 is 9.90 Å². The van der Waals surface area contributed by atoms with Crippen LogP contribution in [0.25, 0.3) is 0 Å². The van der Waals surface area contributed by atoms with Crippen LogP contribution in [0.2, 0.25) is 0 Å². The van der Waals surface area contributed by atoms with Crippen molar-refractivity contribution in [2.75, 3.05) is 0 Å². The van der Waals surface area contributed by atoms with Crippen LogP contribution in [0.5, 0.6) is 0 Å². The van der Waals surface area contributed by atoms with E-state index in [1.165, 1.54) is 11.8 Å². The van der Waals surface area contributed by atoms with Gasteiger partial charge in [0.1, 0.15) is 5.03 Å². The van der Waals surface area contributed by atoms with Crippen molar-refractivity contribution in [2.45, 2.75) is 9.92 Å². The van der Waals surface area contributed by atoms with Crippen molar-refractivity contribution in [3.8, 4) is 0 Å². The Morgan fingerprint density at radius 1 is 1.17 bits per heavy atom. The van der Waals surface area contributed by atoms with E-state index in [-0.39, 0.29) is 5.56 Å². The molecular formula is C12H7Br2NO2S. The summed E-state index contributed by atoms with van der Waals surface area (Å²) < 4.78 is 1.73. The fraction of sp³-hybridized carbons (Fsp3) is 0. The van der Waals surface area contributed by atoms with Gasteiger partial charge in [-0.15, -0.1) is 0 Å². The van der Waals surface area contributed by atoms with Crippen LogP contribution < -0.4 is 0 Å². The Morgan fingerprint density at radius 2 is 1.89 bits per heavy atom. The van der Waals surface area contributed by atoms with E-state index in [1.54, 1.807) is 24.4 Å². The van der Waals surface area contributed by atoms with E-state index in [0.29, 0.717) is 4.90 Å². The highest BCUT2D eigenvalue weighted by molar-refractivity contribution is 9.10. The first-order valence-corrected chi connectivity index (χ1v) is 7.29. The lowest BCUT2D eigenvalue weighted by atomic mass is 10.2. The predicted molar refractivity (Wildman–Crippen MR) is 77.2 cm³/mol. The highest BCUT2D eigenvalue weighted by Crippen LogP contribution is 2.31. The largest absolute Gasteiger partial charge is 0.478 e. The quantitative estimate of drug-likeness (QED) is 0.843. The molecule has 0 bridgehead atoms. The Kier molecular flexibility index (Phi) is 4.42. The number of aromatic nitrogens is 1. The van der Waals surface area contributed by atoms with Gasteiger partial charge in [-0.2, -0.15) is 0 Å². The first-order chi connectivity index (χ1) is 8.56. The highest BCUT2D eigenvalue weighted by atomic mass is 79.9. The van der Waals surface area contributed by atoms with E-state index in [2.05, 4.69) is 36.8 Å². The smallest absolute Gasteiger partial charge is 0.336 e. The fourth-order valence-corrected chi connectivity index (χ4v) is 2.96. The van der Waals surface area contributed by atoms with Gasteiger partial charge in [0.15, 0.2) is 0 Å². The van der Waals surface area contributed by atoms with Crippen molar-refractivity contribution in [1.82, 2.24) is 4.98 Å². The topological polar surface area (TPSA) is 50.2 Å². The molecule has 3 nitrogen and oxygen atoms in total. The zero-order valence-corrected chi connectivity index (χ0v) is 12.9. The minimum atomic E-state index is -0.942. The first-order valence-electron chi connectivity index (χ1n) is 4.88. The Balaban J connectivity index is 2.35. The van der Waals surface area contributed by atoms with Crippen molar-refractivity contribution in [3.63, 3.8) is 0 Å². The molecule has 0 saturated heterocycles. The summed E-state index contributed by atoms with van der Waals surface area (Å²) in [5, 5.41) is 9.87. The molecule has 1 aromatic carbocycles. The van der Waals surface area contributed by atoms with Crippen molar-refractivity contribution in [3.05, 3.63) is 51.0 Å². The molecule has 0 spiro atoms. The van der Waals surface area contributed by atoms with E-state index in [4.69, 9.17) is 5.11 Å². The lowest BCUT2D eigenvalue weighted by Crippen LogP contribution is -1.98. The predicted octanol–water partition coefficient (Wildman–Crippen LogP) is 4.46. The van der Waals surface area contributed by atoms with Gasteiger partial charge in [-0.1, -0.05) is 27.7 Å². The number of nitrogens with zero attached hydrogens (tertiary/aromatic N) is 1. The molecule has 1 N–H and O–H groups in total. The molecule has 0 atom stereocenters. The van der Waals surface area contributed by atoms with Gasteiger partial charge in [0.05, 0.1) is 5.56 Å². The van der Waals surface area contributed by atoms with E-state index in [1.807, 2.05) is 12.1 Å². The normalized spacial score (nSPS) is 10.3. The zero-order valence-electron chi connectivity index (χ0n) is 8.93. The molecule has 0 saturated carbocycles. The van der Waals surface area contributed by atoms with Crippen LogP contribution in [0.4, 0.5) is 0 Å². The van der Waals surface area contributed by atoms with Gasteiger partial charge in [0, 0.05) is 20.0 Å². The fourth-order valence-electron chi connectivity index (χ4n) is 1.29. The van der Waals surface area contributed by atoms with Gasteiger partial charge in [-0.25, -0.2) is 9.78 Å². The molecule has 2 rings (SSSR count). The maximum Gasteiger partial charge on any atom is 0.336 e. The molecule has 6 heteroatoms. The summed E-state index contributed by atoms with van der Waals surface area (Å²) in [6.45, 7) is 0. The number of hydrogen-bond acceptors (Lipinski definition) is 3. The van der Waals surface area contributed by atoms with E-state index in [9.17, 15) is 4.79 Å². The summed E-state index contributed by atoms with van der Waals surface area (Å²) in [5.41, 5.74) is 0.271. The minimum absolute atomic E-state index is 0.271. The molecule has 2 aromatic rings. The second kappa shape index (κ2) is 5.86. The molecule has 0 aliphatic rings. The third-order valence-electron chi connectivity index (χ3n) is 2.09. The van der Waals surface area contributed by atoms with Crippen LogP contribution >= 0.6 is 43.6 Å².